The number of carbonyl (C=O) groups is 1. The molecule has 17 heavy (non-hydrogen) atoms. The van der Waals surface area contributed by atoms with Gasteiger partial charge in [0.2, 0.25) is 0 Å². The fourth-order valence-electron chi connectivity index (χ4n) is 2.22. The highest BCUT2D eigenvalue weighted by Crippen LogP contribution is 2.26. The predicted octanol–water partition coefficient (Wildman–Crippen LogP) is 2.40. The molecular formula is C13H18N2O2. The number of nitrogens with two attached hydrogens (primary N) is 1. The van der Waals surface area contributed by atoms with Crippen LogP contribution in [-0.2, 0) is 4.74 Å². The van der Waals surface area contributed by atoms with Crippen LogP contribution >= 0.6 is 0 Å². The maximum Gasteiger partial charge on any atom is 0.357 e. The molecule has 1 fully saturated rings. The Morgan fingerprint density at radius 1 is 1.47 bits per heavy atom. The Labute approximate surface area is 101 Å². The molecule has 4 heteroatoms. The SMILES string of the molecule is CC1CCCC(OC(=O)c2ccc(N)cn2)C1. The molecule has 1 heterocycles. The number of ether oxygens (including phenoxy) is 1. The molecule has 4 nitrogen and oxygen atoms in total. The van der Waals surface area contributed by atoms with Crippen molar-refractivity contribution in [3.63, 3.8) is 0 Å². The van der Waals surface area contributed by atoms with E-state index in [-0.39, 0.29) is 12.1 Å². The molecule has 2 atom stereocenters. The molecular weight excluding hydrogens is 216 g/mol. The first-order valence-corrected chi connectivity index (χ1v) is 6.07. The quantitative estimate of drug-likeness (QED) is 0.798. The number of rotatable bonds is 2. The molecule has 2 N–H and O–H groups in total. The maximum atomic E-state index is 11.8. The Morgan fingerprint density at radius 2 is 2.29 bits per heavy atom. The van der Waals surface area contributed by atoms with E-state index >= 15 is 0 Å². The van der Waals surface area contributed by atoms with Crippen molar-refractivity contribution in [3.8, 4) is 0 Å². The highest BCUT2D eigenvalue weighted by Gasteiger charge is 2.23. The van der Waals surface area contributed by atoms with E-state index < -0.39 is 0 Å². The lowest BCUT2D eigenvalue weighted by Crippen LogP contribution is -2.24. The molecule has 0 amide bonds. The Kier molecular flexibility index (Phi) is 3.61. The molecule has 2 rings (SSSR count). The maximum absolute atomic E-state index is 11.8. The van der Waals surface area contributed by atoms with Crippen LogP contribution in [0, 0.1) is 5.92 Å². The molecule has 0 aromatic carbocycles. The first-order valence-electron chi connectivity index (χ1n) is 6.07. The van der Waals surface area contributed by atoms with Gasteiger partial charge in [0.1, 0.15) is 11.8 Å². The van der Waals surface area contributed by atoms with E-state index in [1.54, 1.807) is 12.1 Å². The smallest absolute Gasteiger partial charge is 0.357 e. The topological polar surface area (TPSA) is 65.2 Å². The van der Waals surface area contributed by atoms with Gasteiger partial charge in [-0.25, -0.2) is 9.78 Å². The number of hydrogen-bond donors (Lipinski definition) is 1. The lowest BCUT2D eigenvalue weighted by atomic mass is 9.89. The predicted molar refractivity (Wildman–Crippen MR) is 65.5 cm³/mol. The highest BCUT2D eigenvalue weighted by molar-refractivity contribution is 5.87. The van der Waals surface area contributed by atoms with Crippen LogP contribution in [0.1, 0.15) is 43.1 Å². The minimum absolute atomic E-state index is 0.0469. The largest absolute Gasteiger partial charge is 0.458 e. The van der Waals surface area contributed by atoms with Crippen LogP contribution in [0.3, 0.4) is 0 Å². The normalized spacial score (nSPS) is 24.3. The van der Waals surface area contributed by atoms with Gasteiger partial charge in [0.15, 0.2) is 0 Å². The lowest BCUT2D eigenvalue weighted by molar-refractivity contribution is 0.0149. The van der Waals surface area contributed by atoms with Crippen molar-refractivity contribution in [2.24, 2.45) is 5.92 Å². The summed E-state index contributed by atoms with van der Waals surface area (Å²) in [7, 11) is 0. The molecule has 1 aromatic heterocycles. The second-order valence-electron chi connectivity index (χ2n) is 4.78. The van der Waals surface area contributed by atoms with E-state index in [1.807, 2.05) is 0 Å². The third kappa shape index (κ3) is 3.19. The second-order valence-corrected chi connectivity index (χ2v) is 4.78. The van der Waals surface area contributed by atoms with Gasteiger partial charge in [-0.05, 0) is 37.3 Å². The summed E-state index contributed by atoms with van der Waals surface area (Å²) in [5, 5.41) is 0. The van der Waals surface area contributed by atoms with Gasteiger partial charge in [-0.15, -0.1) is 0 Å². The monoisotopic (exact) mass is 234 g/mol. The molecule has 0 aliphatic heterocycles. The molecule has 0 bridgehead atoms. The number of hydrogen-bond acceptors (Lipinski definition) is 4. The summed E-state index contributed by atoms with van der Waals surface area (Å²) in [4.78, 5) is 15.8. The molecule has 1 aliphatic carbocycles. The van der Waals surface area contributed by atoms with Crippen LogP contribution in [0.15, 0.2) is 18.3 Å². The minimum atomic E-state index is -0.343. The highest BCUT2D eigenvalue weighted by atomic mass is 16.5. The van der Waals surface area contributed by atoms with Crippen LogP contribution < -0.4 is 5.73 Å². The summed E-state index contributed by atoms with van der Waals surface area (Å²) < 4.78 is 5.45. The van der Waals surface area contributed by atoms with Crippen LogP contribution in [0.2, 0.25) is 0 Å². The van der Waals surface area contributed by atoms with E-state index in [4.69, 9.17) is 10.5 Å². The molecule has 1 aliphatic rings. The van der Waals surface area contributed by atoms with Gasteiger partial charge in [0, 0.05) is 0 Å². The first-order chi connectivity index (χ1) is 8.15. The number of nitrogen functional groups attached to an aromatic ring is 1. The molecule has 0 radical (unpaired) electrons. The van der Waals surface area contributed by atoms with E-state index in [9.17, 15) is 4.79 Å². The van der Waals surface area contributed by atoms with Gasteiger partial charge in [0.05, 0.1) is 11.9 Å². The number of pyridine rings is 1. The van der Waals surface area contributed by atoms with Crippen molar-refractivity contribution in [1.29, 1.82) is 0 Å². The van der Waals surface area contributed by atoms with E-state index in [0.29, 0.717) is 17.3 Å². The molecule has 92 valence electrons. The van der Waals surface area contributed by atoms with Crippen molar-refractivity contribution < 1.29 is 9.53 Å². The lowest BCUT2D eigenvalue weighted by Gasteiger charge is -2.26. The number of nitrogens with zero attached hydrogens (tertiary/aromatic N) is 1. The zero-order valence-electron chi connectivity index (χ0n) is 10.1. The average molecular weight is 234 g/mol. The summed E-state index contributed by atoms with van der Waals surface area (Å²) in [5.41, 5.74) is 6.39. The Bertz CT molecular complexity index is 389. The fourth-order valence-corrected chi connectivity index (χ4v) is 2.22. The van der Waals surface area contributed by atoms with Crippen molar-refractivity contribution in [2.45, 2.75) is 38.7 Å². The van der Waals surface area contributed by atoms with Gasteiger partial charge < -0.3 is 10.5 Å². The summed E-state index contributed by atoms with van der Waals surface area (Å²) in [6.07, 6.45) is 5.81. The summed E-state index contributed by atoms with van der Waals surface area (Å²) in [6, 6.07) is 3.26. The standard InChI is InChI=1S/C13H18N2O2/c1-9-3-2-4-11(7-9)17-13(16)12-6-5-10(14)8-15-12/h5-6,8-9,11H,2-4,7,14H2,1H3. The van der Waals surface area contributed by atoms with Gasteiger partial charge >= 0.3 is 5.97 Å². The van der Waals surface area contributed by atoms with Crippen molar-refractivity contribution in [1.82, 2.24) is 4.98 Å². The Hall–Kier alpha value is -1.58. The molecule has 1 aromatic rings. The molecule has 0 saturated heterocycles. The molecule has 0 spiro atoms. The van der Waals surface area contributed by atoms with Gasteiger partial charge in [0.25, 0.3) is 0 Å². The number of carbonyl (C=O) groups excluding carboxylic acids is 1. The minimum Gasteiger partial charge on any atom is -0.458 e. The van der Waals surface area contributed by atoms with E-state index in [0.717, 1.165) is 19.3 Å². The molecule has 1 saturated carbocycles. The van der Waals surface area contributed by atoms with Crippen LogP contribution in [0.25, 0.3) is 0 Å². The fraction of sp³-hybridized carbons (Fsp3) is 0.538. The van der Waals surface area contributed by atoms with E-state index in [2.05, 4.69) is 11.9 Å². The van der Waals surface area contributed by atoms with E-state index in [1.165, 1.54) is 12.6 Å². The van der Waals surface area contributed by atoms with Crippen molar-refractivity contribution in [2.75, 3.05) is 5.73 Å². The first kappa shape index (κ1) is 11.9. The van der Waals surface area contributed by atoms with Gasteiger partial charge in [-0.3, -0.25) is 0 Å². The third-order valence-electron chi connectivity index (χ3n) is 3.16. The van der Waals surface area contributed by atoms with Gasteiger partial charge in [-0.1, -0.05) is 13.3 Å². The number of anilines is 1. The average Bonchev–Trinajstić information content (AvgIpc) is 2.29. The Morgan fingerprint density at radius 3 is 2.94 bits per heavy atom. The van der Waals surface area contributed by atoms with Gasteiger partial charge in [-0.2, -0.15) is 0 Å². The van der Waals surface area contributed by atoms with Crippen LogP contribution in [0.5, 0.6) is 0 Å². The number of esters is 1. The molecule has 2 unspecified atom stereocenters. The van der Waals surface area contributed by atoms with Crippen molar-refractivity contribution in [3.05, 3.63) is 24.0 Å². The zero-order chi connectivity index (χ0) is 12.3. The summed E-state index contributed by atoms with van der Waals surface area (Å²) in [5.74, 6) is 0.296. The van der Waals surface area contributed by atoms with Crippen LogP contribution in [0.4, 0.5) is 5.69 Å². The van der Waals surface area contributed by atoms with Crippen molar-refractivity contribution >= 4 is 11.7 Å². The Balaban J connectivity index is 1.94. The summed E-state index contributed by atoms with van der Waals surface area (Å²) >= 11 is 0. The zero-order valence-corrected chi connectivity index (χ0v) is 10.1. The van der Waals surface area contributed by atoms with Crippen LogP contribution in [-0.4, -0.2) is 17.1 Å². The summed E-state index contributed by atoms with van der Waals surface area (Å²) in [6.45, 7) is 2.20. The second kappa shape index (κ2) is 5.17. The number of aromatic nitrogens is 1. The third-order valence-corrected chi connectivity index (χ3v) is 3.16.